The van der Waals surface area contributed by atoms with Crippen molar-refractivity contribution in [1.82, 2.24) is 4.98 Å². The topological polar surface area (TPSA) is 32.9 Å². The molecule has 1 atom stereocenters. The van der Waals surface area contributed by atoms with Crippen LogP contribution in [-0.2, 0) is 4.79 Å². The summed E-state index contributed by atoms with van der Waals surface area (Å²) < 4.78 is 0. The molecule has 0 aliphatic rings. The third-order valence-electron chi connectivity index (χ3n) is 3.69. The minimum Gasteiger partial charge on any atom is -0.361 e. The number of hydrogen-bond donors (Lipinski definition) is 1. The van der Waals surface area contributed by atoms with Crippen molar-refractivity contribution in [2.45, 2.75) is 19.3 Å². The van der Waals surface area contributed by atoms with Crippen molar-refractivity contribution in [3.05, 3.63) is 71.9 Å². The Morgan fingerprint density at radius 2 is 1.75 bits per heavy atom. The predicted octanol–water partition coefficient (Wildman–Crippen LogP) is 4.28. The van der Waals surface area contributed by atoms with Gasteiger partial charge in [0, 0.05) is 29.4 Å². The fourth-order valence-electron chi connectivity index (χ4n) is 2.76. The molecule has 3 rings (SSSR count). The average Bonchev–Trinajstić information content (AvgIpc) is 2.89. The maximum atomic E-state index is 11.6. The molecule has 2 nitrogen and oxygen atoms in total. The van der Waals surface area contributed by atoms with E-state index in [1.165, 1.54) is 16.5 Å². The van der Waals surface area contributed by atoms with E-state index >= 15 is 0 Å². The molecular weight excluding hydrogens is 246 g/mol. The zero-order valence-corrected chi connectivity index (χ0v) is 11.5. The Kier molecular flexibility index (Phi) is 3.38. The summed E-state index contributed by atoms with van der Waals surface area (Å²) in [6.07, 6.45) is 2.57. The van der Waals surface area contributed by atoms with E-state index in [1.807, 2.05) is 36.5 Å². The molecular formula is C18H17NO. The Morgan fingerprint density at radius 3 is 2.50 bits per heavy atom. The van der Waals surface area contributed by atoms with Gasteiger partial charge in [0.1, 0.15) is 5.78 Å². The summed E-state index contributed by atoms with van der Waals surface area (Å²) in [6, 6.07) is 18.5. The van der Waals surface area contributed by atoms with Gasteiger partial charge in [-0.15, -0.1) is 0 Å². The zero-order valence-electron chi connectivity index (χ0n) is 11.5. The number of aromatic amines is 1. The quantitative estimate of drug-likeness (QED) is 0.748. The van der Waals surface area contributed by atoms with Gasteiger partial charge in [-0.05, 0) is 24.1 Å². The lowest BCUT2D eigenvalue weighted by molar-refractivity contribution is -0.117. The van der Waals surface area contributed by atoms with Crippen LogP contribution in [0.15, 0.2) is 60.8 Å². The summed E-state index contributed by atoms with van der Waals surface area (Å²) >= 11 is 0. The number of benzene rings is 2. The molecule has 0 amide bonds. The molecule has 1 aromatic heterocycles. The van der Waals surface area contributed by atoms with Crippen molar-refractivity contribution in [2.75, 3.05) is 0 Å². The fraction of sp³-hybridized carbons (Fsp3) is 0.167. The Morgan fingerprint density at radius 1 is 1.05 bits per heavy atom. The number of aromatic nitrogens is 1. The number of ketones is 1. The number of fused-ring (bicyclic) bond motifs is 1. The number of rotatable bonds is 4. The Labute approximate surface area is 118 Å². The number of carbonyl (C=O) groups is 1. The highest BCUT2D eigenvalue weighted by Crippen LogP contribution is 2.33. The molecule has 100 valence electrons. The van der Waals surface area contributed by atoms with Crippen molar-refractivity contribution >= 4 is 16.7 Å². The lowest BCUT2D eigenvalue weighted by Crippen LogP contribution is -2.05. The van der Waals surface area contributed by atoms with Crippen LogP contribution in [0.4, 0.5) is 0 Å². The van der Waals surface area contributed by atoms with E-state index in [4.69, 9.17) is 0 Å². The first kappa shape index (κ1) is 12.7. The minimum atomic E-state index is 0.116. The normalized spacial score (nSPS) is 12.4. The van der Waals surface area contributed by atoms with Gasteiger partial charge in [0.05, 0.1) is 0 Å². The maximum absolute atomic E-state index is 11.6. The van der Waals surface area contributed by atoms with Gasteiger partial charge in [-0.1, -0.05) is 48.5 Å². The van der Waals surface area contributed by atoms with Gasteiger partial charge in [0.2, 0.25) is 0 Å². The molecule has 0 spiro atoms. The van der Waals surface area contributed by atoms with E-state index in [-0.39, 0.29) is 11.7 Å². The van der Waals surface area contributed by atoms with Crippen molar-refractivity contribution in [3.63, 3.8) is 0 Å². The number of carbonyl (C=O) groups excluding carboxylic acids is 1. The first-order valence-corrected chi connectivity index (χ1v) is 6.86. The first-order chi connectivity index (χ1) is 9.75. The number of hydrogen-bond acceptors (Lipinski definition) is 1. The average molecular weight is 263 g/mol. The summed E-state index contributed by atoms with van der Waals surface area (Å²) in [7, 11) is 0. The molecule has 1 N–H and O–H groups in total. The van der Waals surface area contributed by atoms with E-state index < -0.39 is 0 Å². The van der Waals surface area contributed by atoms with Crippen LogP contribution in [0.2, 0.25) is 0 Å². The van der Waals surface area contributed by atoms with Crippen LogP contribution in [0.1, 0.15) is 30.4 Å². The lowest BCUT2D eigenvalue weighted by Gasteiger charge is -2.15. The molecule has 20 heavy (non-hydrogen) atoms. The maximum Gasteiger partial charge on any atom is 0.130 e. The van der Waals surface area contributed by atoms with E-state index in [9.17, 15) is 4.79 Å². The molecule has 3 aromatic rings. The van der Waals surface area contributed by atoms with Gasteiger partial charge < -0.3 is 4.98 Å². The van der Waals surface area contributed by atoms with Crippen LogP contribution < -0.4 is 0 Å². The molecule has 2 heteroatoms. The molecule has 0 saturated carbocycles. The van der Waals surface area contributed by atoms with Crippen molar-refractivity contribution < 1.29 is 4.79 Å². The number of H-pyrrole nitrogens is 1. The number of Topliss-reactive ketones (excluding diaryl/α,β-unsaturated/α-hetero) is 1. The van der Waals surface area contributed by atoms with E-state index in [1.54, 1.807) is 6.92 Å². The zero-order chi connectivity index (χ0) is 13.9. The Balaban J connectivity index is 2.12. The Hall–Kier alpha value is -2.35. The summed E-state index contributed by atoms with van der Waals surface area (Å²) in [4.78, 5) is 14.9. The van der Waals surface area contributed by atoms with Crippen molar-refractivity contribution in [3.8, 4) is 0 Å². The van der Waals surface area contributed by atoms with Gasteiger partial charge in [-0.2, -0.15) is 0 Å². The minimum absolute atomic E-state index is 0.116. The molecule has 0 saturated heterocycles. The molecule has 0 aliphatic carbocycles. The molecule has 0 unspecified atom stereocenters. The van der Waals surface area contributed by atoms with Crippen LogP contribution in [0.25, 0.3) is 10.9 Å². The first-order valence-electron chi connectivity index (χ1n) is 6.86. The van der Waals surface area contributed by atoms with Gasteiger partial charge >= 0.3 is 0 Å². The van der Waals surface area contributed by atoms with E-state index in [2.05, 4.69) is 29.2 Å². The number of para-hydroxylation sites is 1. The van der Waals surface area contributed by atoms with Crippen LogP contribution in [0, 0.1) is 0 Å². The second-order valence-electron chi connectivity index (χ2n) is 5.16. The molecule has 0 bridgehead atoms. The standard InChI is InChI=1S/C18H17NO/c1-13(20)11-16(14-7-3-2-4-8-14)17-12-19-18-10-6-5-9-15(17)18/h2-10,12,16,19H,11H2,1H3/t16-/m0/s1. The van der Waals surface area contributed by atoms with Crippen LogP contribution >= 0.6 is 0 Å². The van der Waals surface area contributed by atoms with Crippen LogP contribution in [0.5, 0.6) is 0 Å². The third kappa shape index (κ3) is 2.37. The SMILES string of the molecule is CC(=O)C[C@@H](c1ccccc1)c1c[nH]c2ccccc12. The second kappa shape index (κ2) is 5.33. The van der Waals surface area contributed by atoms with Gasteiger partial charge in [0.15, 0.2) is 0 Å². The highest BCUT2D eigenvalue weighted by atomic mass is 16.1. The van der Waals surface area contributed by atoms with Gasteiger partial charge in [0.25, 0.3) is 0 Å². The van der Waals surface area contributed by atoms with E-state index in [0.29, 0.717) is 6.42 Å². The van der Waals surface area contributed by atoms with Crippen LogP contribution in [-0.4, -0.2) is 10.8 Å². The van der Waals surface area contributed by atoms with Crippen molar-refractivity contribution in [1.29, 1.82) is 0 Å². The summed E-state index contributed by atoms with van der Waals surface area (Å²) in [5.41, 5.74) is 3.50. The largest absolute Gasteiger partial charge is 0.361 e. The monoisotopic (exact) mass is 263 g/mol. The highest BCUT2D eigenvalue weighted by molar-refractivity contribution is 5.85. The summed E-state index contributed by atoms with van der Waals surface area (Å²) in [6.45, 7) is 1.66. The molecule has 0 aliphatic heterocycles. The summed E-state index contributed by atoms with van der Waals surface area (Å²) in [5, 5.41) is 1.20. The van der Waals surface area contributed by atoms with E-state index in [0.717, 1.165) is 5.52 Å². The lowest BCUT2D eigenvalue weighted by atomic mass is 9.87. The predicted molar refractivity (Wildman–Crippen MR) is 81.9 cm³/mol. The van der Waals surface area contributed by atoms with Crippen molar-refractivity contribution in [2.24, 2.45) is 0 Å². The number of nitrogens with one attached hydrogen (secondary N) is 1. The third-order valence-corrected chi connectivity index (χ3v) is 3.69. The fourth-order valence-corrected chi connectivity index (χ4v) is 2.76. The summed E-state index contributed by atoms with van der Waals surface area (Å²) in [5.74, 6) is 0.328. The van der Waals surface area contributed by atoms with Gasteiger partial charge in [-0.25, -0.2) is 0 Å². The van der Waals surface area contributed by atoms with Crippen LogP contribution in [0.3, 0.4) is 0 Å². The Bertz CT molecular complexity index is 727. The molecule has 1 heterocycles. The molecule has 0 fully saturated rings. The highest BCUT2D eigenvalue weighted by Gasteiger charge is 2.19. The van der Waals surface area contributed by atoms with Gasteiger partial charge in [-0.3, -0.25) is 4.79 Å². The smallest absolute Gasteiger partial charge is 0.130 e. The molecule has 0 radical (unpaired) electrons. The second-order valence-corrected chi connectivity index (χ2v) is 5.16. The molecule has 2 aromatic carbocycles.